The lowest BCUT2D eigenvalue weighted by molar-refractivity contribution is 0.0734. The summed E-state index contributed by atoms with van der Waals surface area (Å²) in [4.78, 5) is 24.1. The van der Waals surface area contributed by atoms with Gasteiger partial charge in [-0.15, -0.1) is 0 Å². The number of amides is 1. The van der Waals surface area contributed by atoms with E-state index in [1.807, 2.05) is 19.1 Å². The van der Waals surface area contributed by atoms with E-state index >= 15 is 0 Å². The van der Waals surface area contributed by atoms with Crippen LogP contribution in [0.4, 0.5) is 0 Å². The summed E-state index contributed by atoms with van der Waals surface area (Å²) in [6.07, 6.45) is 2.72. The molecule has 0 radical (unpaired) electrons. The molecule has 0 aliphatic carbocycles. The van der Waals surface area contributed by atoms with Crippen LogP contribution in [0.15, 0.2) is 70.4 Å². The van der Waals surface area contributed by atoms with Crippen LogP contribution >= 0.6 is 11.6 Å². The SMILES string of the molecule is Cc1ccc(C(=O)Oc2ccc(Cl)cc2/C=N/NC(=O)c2ccco2)cc1. The number of carbonyl (C=O) groups is 2. The van der Waals surface area contributed by atoms with Crippen molar-refractivity contribution in [3.05, 3.63) is 88.3 Å². The van der Waals surface area contributed by atoms with Gasteiger partial charge in [0.05, 0.1) is 18.0 Å². The number of hydrazone groups is 1. The number of nitrogens with one attached hydrogen (secondary N) is 1. The molecule has 0 saturated heterocycles. The fraction of sp³-hybridized carbons (Fsp3) is 0.0500. The zero-order valence-electron chi connectivity index (χ0n) is 14.3. The molecule has 6 nitrogen and oxygen atoms in total. The number of halogens is 1. The second-order valence-electron chi connectivity index (χ2n) is 5.61. The van der Waals surface area contributed by atoms with Gasteiger partial charge in [-0.2, -0.15) is 5.10 Å². The second kappa shape index (κ2) is 8.33. The minimum absolute atomic E-state index is 0.129. The first kappa shape index (κ1) is 18.4. The number of hydrogen-bond acceptors (Lipinski definition) is 5. The zero-order valence-corrected chi connectivity index (χ0v) is 15.1. The van der Waals surface area contributed by atoms with E-state index in [-0.39, 0.29) is 11.5 Å². The first-order valence-corrected chi connectivity index (χ1v) is 8.36. The van der Waals surface area contributed by atoms with Crippen LogP contribution in [-0.2, 0) is 0 Å². The Kier molecular flexibility index (Phi) is 5.68. The van der Waals surface area contributed by atoms with Gasteiger partial charge >= 0.3 is 11.9 Å². The van der Waals surface area contributed by atoms with Crippen LogP contribution in [0.2, 0.25) is 5.02 Å². The average molecular weight is 383 g/mol. The summed E-state index contributed by atoms with van der Waals surface area (Å²) in [7, 11) is 0. The molecule has 7 heteroatoms. The number of esters is 1. The van der Waals surface area contributed by atoms with Crippen LogP contribution in [-0.4, -0.2) is 18.1 Å². The third-order valence-corrected chi connectivity index (χ3v) is 3.81. The first-order chi connectivity index (χ1) is 13.0. The lowest BCUT2D eigenvalue weighted by atomic mass is 10.1. The van der Waals surface area contributed by atoms with Crippen LogP contribution in [0, 0.1) is 6.92 Å². The topological polar surface area (TPSA) is 80.9 Å². The van der Waals surface area contributed by atoms with Crippen LogP contribution in [0.1, 0.15) is 32.0 Å². The summed E-state index contributed by atoms with van der Waals surface area (Å²) in [6.45, 7) is 1.93. The molecule has 0 aliphatic rings. The number of hydrogen-bond donors (Lipinski definition) is 1. The molecule has 2 aromatic carbocycles. The average Bonchev–Trinajstić information content (AvgIpc) is 3.19. The van der Waals surface area contributed by atoms with Gasteiger partial charge in [0.2, 0.25) is 0 Å². The van der Waals surface area contributed by atoms with Crippen LogP contribution < -0.4 is 10.2 Å². The maximum atomic E-state index is 12.3. The Bertz CT molecular complexity index is 980. The van der Waals surface area contributed by atoms with Gasteiger partial charge < -0.3 is 9.15 Å². The summed E-state index contributed by atoms with van der Waals surface area (Å²) in [5.74, 6) is -0.617. The predicted molar refractivity (Wildman–Crippen MR) is 101 cm³/mol. The molecule has 0 atom stereocenters. The molecule has 1 N–H and O–H groups in total. The lowest BCUT2D eigenvalue weighted by Crippen LogP contribution is -2.17. The van der Waals surface area contributed by atoms with Gasteiger partial charge in [0.25, 0.3) is 0 Å². The van der Waals surface area contributed by atoms with E-state index in [4.69, 9.17) is 20.8 Å². The van der Waals surface area contributed by atoms with Crippen molar-refractivity contribution in [2.45, 2.75) is 6.92 Å². The fourth-order valence-corrected chi connectivity index (χ4v) is 2.37. The minimum atomic E-state index is -0.508. The van der Waals surface area contributed by atoms with Gasteiger partial charge in [0.1, 0.15) is 5.75 Å². The molecule has 0 aliphatic heterocycles. The van der Waals surface area contributed by atoms with Crippen molar-refractivity contribution in [2.75, 3.05) is 0 Å². The van der Waals surface area contributed by atoms with E-state index in [1.165, 1.54) is 18.5 Å². The molecule has 1 heterocycles. The molecule has 3 aromatic rings. The summed E-state index contributed by atoms with van der Waals surface area (Å²) >= 11 is 6.01. The Morgan fingerprint density at radius 2 is 1.93 bits per heavy atom. The second-order valence-corrected chi connectivity index (χ2v) is 6.05. The van der Waals surface area contributed by atoms with E-state index in [2.05, 4.69) is 10.5 Å². The number of nitrogens with zero attached hydrogens (tertiary/aromatic N) is 1. The summed E-state index contributed by atoms with van der Waals surface area (Å²) in [6, 6.07) is 14.9. The third-order valence-electron chi connectivity index (χ3n) is 3.58. The number of carbonyl (C=O) groups excluding carboxylic acids is 2. The molecule has 0 spiro atoms. The first-order valence-electron chi connectivity index (χ1n) is 7.98. The molecule has 27 heavy (non-hydrogen) atoms. The highest BCUT2D eigenvalue weighted by molar-refractivity contribution is 6.31. The molecule has 1 aromatic heterocycles. The number of furan rings is 1. The summed E-state index contributed by atoms with van der Waals surface area (Å²) in [5.41, 5.74) is 4.22. The van der Waals surface area contributed by atoms with Crippen LogP contribution in [0.3, 0.4) is 0 Å². The monoisotopic (exact) mass is 382 g/mol. The lowest BCUT2D eigenvalue weighted by Gasteiger charge is -2.08. The molecular formula is C20H15ClN2O4. The van der Waals surface area contributed by atoms with Crippen LogP contribution in [0.25, 0.3) is 0 Å². The predicted octanol–water partition coefficient (Wildman–Crippen LogP) is 4.22. The van der Waals surface area contributed by atoms with Gasteiger partial charge in [-0.05, 0) is 49.4 Å². The molecule has 0 saturated carbocycles. The largest absolute Gasteiger partial charge is 0.459 e. The summed E-state index contributed by atoms with van der Waals surface area (Å²) < 4.78 is 10.4. The maximum Gasteiger partial charge on any atom is 0.343 e. The Morgan fingerprint density at radius 3 is 2.63 bits per heavy atom. The van der Waals surface area contributed by atoms with E-state index < -0.39 is 11.9 Å². The number of rotatable bonds is 5. The van der Waals surface area contributed by atoms with Crippen molar-refractivity contribution in [1.82, 2.24) is 5.43 Å². The standard InChI is InChI=1S/C20H15ClN2O4/c1-13-4-6-14(7-5-13)20(25)27-17-9-8-16(21)11-15(17)12-22-23-19(24)18-3-2-10-26-18/h2-12H,1H3,(H,23,24)/b22-12+. The molecule has 0 bridgehead atoms. The van der Waals surface area contributed by atoms with Crippen molar-refractivity contribution in [3.8, 4) is 5.75 Å². The molecule has 0 fully saturated rings. The third kappa shape index (κ3) is 4.83. The van der Waals surface area contributed by atoms with E-state index in [0.29, 0.717) is 16.1 Å². The van der Waals surface area contributed by atoms with Crippen molar-refractivity contribution in [2.24, 2.45) is 5.10 Å². The maximum absolute atomic E-state index is 12.3. The normalized spacial score (nSPS) is 10.7. The smallest absolute Gasteiger partial charge is 0.343 e. The number of benzene rings is 2. The van der Waals surface area contributed by atoms with E-state index in [1.54, 1.807) is 36.4 Å². The quantitative estimate of drug-likeness (QED) is 0.310. The molecule has 136 valence electrons. The highest BCUT2D eigenvalue weighted by Gasteiger charge is 2.12. The van der Waals surface area contributed by atoms with Crippen molar-refractivity contribution < 1.29 is 18.7 Å². The van der Waals surface area contributed by atoms with Gasteiger partial charge in [0.15, 0.2) is 5.76 Å². The highest BCUT2D eigenvalue weighted by Crippen LogP contribution is 2.22. The Labute approximate surface area is 160 Å². The van der Waals surface area contributed by atoms with Crippen molar-refractivity contribution >= 4 is 29.7 Å². The van der Waals surface area contributed by atoms with E-state index in [0.717, 1.165) is 5.56 Å². The molecule has 1 amide bonds. The number of aryl methyl sites for hydroxylation is 1. The van der Waals surface area contributed by atoms with Gasteiger partial charge in [-0.1, -0.05) is 29.3 Å². The Morgan fingerprint density at radius 1 is 1.15 bits per heavy atom. The van der Waals surface area contributed by atoms with E-state index in [9.17, 15) is 9.59 Å². The molecular weight excluding hydrogens is 368 g/mol. The zero-order chi connectivity index (χ0) is 19.2. The molecule has 3 rings (SSSR count). The fourth-order valence-electron chi connectivity index (χ4n) is 2.18. The Hall–Kier alpha value is -3.38. The minimum Gasteiger partial charge on any atom is -0.459 e. The van der Waals surface area contributed by atoms with Gasteiger partial charge in [-0.25, -0.2) is 10.2 Å². The van der Waals surface area contributed by atoms with Gasteiger partial charge in [-0.3, -0.25) is 4.79 Å². The Balaban J connectivity index is 1.74. The van der Waals surface area contributed by atoms with Gasteiger partial charge in [0, 0.05) is 10.6 Å². The van der Waals surface area contributed by atoms with Crippen molar-refractivity contribution in [1.29, 1.82) is 0 Å². The molecule has 0 unspecified atom stereocenters. The highest BCUT2D eigenvalue weighted by atomic mass is 35.5. The van der Waals surface area contributed by atoms with Crippen LogP contribution in [0.5, 0.6) is 5.75 Å². The summed E-state index contributed by atoms with van der Waals surface area (Å²) in [5, 5.41) is 4.29. The number of ether oxygens (including phenoxy) is 1. The van der Waals surface area contributed by atoms with Crippen molar-refractivity contribution in [3.63, 3.8) is 0 Å².